The lowest BCUT2D eigenvalue weighted by molar-refractivity contribution is 0.0988. The third-order valence-electron chi connectivity index (χ3n) is 3.80. The minimum Gasteiger partial charge on any atom is -0.391 e. The van der Waals surface area contributed by atoms with E-state index in [1.165, 1.54) is 0 Å². The number of carbonyl (C=O) groups excluding carboxylic acids is 1. The number of para-hydroxylation sites is 1. The summed E-state index contributed by atoms with van der Waals surface area (Å²) in [5.41, 5.74) is 1.73. The molecule has 1 N–H and O–H groups in total. The molecule has 1 aliphatic heterocycles. The molecule has 2 unspecified atom stereocenters. The molecule has 2 atom stereocenters. The van der Waals surface area contributed by atoms with Gasteiger partial charge in [-0.25, -0.2) is 0 Å². The summed E-state index contributed by atoms with van der Waals surface area (Å²) in [7, 11) is 4.07. The fourth-order valence-corrected chi connectivity index (χ4v) is 2.93. The van der Waals surface area contributed by atoms with E-state index in [0.29, 0.717) is 13.0 Å². The summed E-state index contributed by atoms with van der Waals surface area (Å²) in [5, 5.41) is 9.99. The van der Waals surface area contributed by atoms with E-state index < -0.39 is 0 Å². The molecule has 20 heavy (non-hydrogen) atoms. The quantitative estimate of drug-likeness (QED) is 0.833. The molecule has 1 aliphatic rings. The number of β-amino-alcohol motifs (C(OH)–C–C–N with tert-alkyl or cyclic N) is 1. The maximum atomic E-state index is 12.1. The summed E-state index contributed by atoms with van der Waals surface area (Å²) in [6.07, 6.45) is 0.947. The highest BCUT2D eigenvalue weighted by molar-refractivity contribution is 6.01. The van der Waals surface area contributed by atoms with Crippen LogP contribution in [0.3, 0.4) is 0 Å². The van der Waals surface area contributed by atoms with E-state index in [1.807, 2.05) is 45.3 Å². The molecular weight excluding hydrogens is 252 g/mol. The van der Waals surface area contributed by atoms with Crippen molar-refractivity contribution in [3.8, 4) is 0 Å². The molecule has 1 aromatic rings. The predicted octanol–water partition coefficient (Wildman–Crippen LogP) is 1.78. The summed E-state index contributed by atoms with van der Waals surface area (Å²) in [6, 6.07) is 7.99. The van der Waals surface area contributed by atoms with Crippen LogP contribution in [0.15, 0.2) is 24.3 Å². The van der Waals surface area contributed by atoms with Gasteiger partial charge in [0.15, 0.2) is 5.78 Å². The fourth-order valence-electron chi connectivity index (χ4n) is 2.93. The molecule has 4 heteroatoms. The monoisotopic (exact) mass is 276 g/mol. The Hall–Kier alpha value is -1.39. The Labute approximate surface area is 121 Å². The summed E-state index contributed by atoms with van der Waals surface area (Å²) >= 11 is 0. The van der Waals surface area contributed by atoms with Crippen LogP contribution in [0.5, 0.6) is 0 Å². The molecule has 0 amide bonds. The van der Waals surface area contributed by atoms with E-state index in [1.54, 1.807) is 0 Å². The van der Waals surface area contributed by atoms with Crippen molar-refractivity contribution in [2.45, 2.75) is 31.9 Å². The van der Waals surface area contributed by atoms with Gasteiger partial charge in [0, 0.05) is 36.8 Å². The van der Waals surface area contributed by atoms with Crippen LogP contribution in [0, 0.1) is 0 Å². The minimum absolute atomic E-state index is 0.158. The number of benzene rings is 1. The molecule has 0 saturated carbocycles. The van der Waals surface area contributed by atoms with E-state index in [4.69, 9.17) is 0 Å². The predicted molar refractivity (Wildman–Crippen MR) is 81.4 cm³/mol. The van der Waals surface area contributed by atoms with Crippen molar-refractivity contribution >= 4 is 11.5 Å². The zero-order valence-corrected chi connectivity index (χ0v) is 12.5. The Morgan fingerprint density at radius 3 is 2.75 bits per heavy atom. The molecule has 4 nitrogen and oxygen atoms in total. The molecule has 1 aromatic carbocycles. The maximum Gasteiger partial charge on any atom is 0.164 e. The van der Waals surface area contributed by atoms with Crippen LogP contribution >= 0.6 is 0 Å². The van der Waals surface area contributed by atoms with Gasteiger partial charge < -0.3 is 14.9 Å². The molecule has 110 valence electrons. The Balaban J connectivity index is 2.31. The van der Waals surface area contributed by atoms with E-state index >= 15 is 0 Å². The van der Waals surface area contributed by atoms with Gasteiger partial charge in [-0.05, 0) is 32.6 Å². The molecular formula is C16H24N2O2. The summed E-state index contributed by atoms with van der Waals surface area (Å²) in [6.45, 7) is 3.37. The highest BCUT2D eigenvalue weighted by Gasteiger charge is 2.32. The number of Topliss-reactive ketones (excluding diaryl/α,β-unsaturated/α-hetero) is 1. The van der Waals surface area contributed by atoms with Crippen molar-refractivity contribution in [3.63, 3.8) is 0 Å². The van der Waals surface area contributed by atoms with Crippen LogP contribution < -0.4 is 4.90 Å². The number of anilines is 1. The Morgan fingerprint density at radius 2 is 2.10 bits per heavy atom. The van der Waals surface area contributed by atoms with Crippen LogP contribution in [-0.4, -0.2) is 55.1 Å². The normalized spacial score (nSPS) is 22.6. The first-order valence-electron chi connectivity index (χ1n) is 7.24. The first-order valence-corrected chi connectivity index (χ1v) is 7.24. The van der Waals surface area contributed by atoms with E-state index in [2.05, 4.69) is 9.80 Å². The van der Waals surface area contributed by atoms with Gasteiger partial charge in [-0.3, -0.25) is 4.79 Å². The number of ketones is 1. The fraction of sp³-hybridized carbons (Fsp3) is 0.562. The second-order valence-corrected chi connectivity index (χ2v) is 5.75. The molecule has 0 bridgehead atoms. The highest BCUT2D eigenvalue weighted by atomic mass is 16.3. The lowest BCUT2D eigenvalue weighted by Gasteiger charge is -2.30. The average molecular weight is 276 g/mol. The summed E-state index contributed by atoms with van der Waals surface area (Å²) in [4.78, 5) is 16.4. The van der Waals surface area contributed by atoms with Gasteiger partial charge in [0.1, 0.15) is 0 Å². The second kappa shape index (κ2) is 6.37. The van der Waals surface area contributed by atoms with Crippen LogP contribution in [0.2, 0.25) is 0 Å². The summed E-state index contributed by atoms with van der Waals surface area (Å²) in [5.74, 6) is 0.158. The zero-order chi connectivity index (χ0) is 14.7. The first kappa shape index (κ1) is 15.0. The Kier molecular flexibility index (Phi) is 4.78. The summed E-state index contributed by atoms with van der Waals surface area (Å²) < 4.78 is 0. The van der Waals surface area contributed by atoms with Gasteiger partial charge in [0.2, 0.25) is 0 Å². The van der Waals surface area contributed by atoms with Crippen molar-refractivity contribution in [2.75, 3.05) is 32.1 Å². The van der Waals surface area contributed by atoms with Crippen LogP contribution in [0.25, 0.3) is 0 Å². The second-order valence-electron chi connectivity index (χ2n) is 5.75. The smallest absolute Gasteiger partial charge is 0.164 e. The van der Waals surface area contributed by atoms with E-state index in [-0.39, 0.29) is 17.9 Å². The van der Waals surface area contributed by atoms with Gasteiger partial charge in [0.25, 0.3) is 0 Å². The van der Waals surface area contributed by atoms with Crippen molar-refractivity contribution in [2.24, 2.45) is 0 Å². The molecule has 1 fully saturated rings. The lowest BCUT2D eigenvalue weighted by atomic mass is 10.0. The third kappa shape index (κ3) is 3.19. The molecule has 0 aromatic heterocycles. The van der Waals surface area contributed by atoms with Crippen LogP contribution in [0.1, 0.15) is 30.1 Å². The van der Waals surface area contributed by atoms with E-state index in [9.17, 15) is 9.90 Å². The van der Waals surface area contributed by atoms with Crippen molar-refractivity contribution in [3.05, 3.63) is 29.8 Å². The Morgan fingerprint density at radius 1 is 1.40 bits per heavy atom. The van der Waals surface area contributed by atoms with Crippen LogP contribution in [0.4, 0.5) is 5.69 Å². The Bertz CT molecular complexity index is 473. The van der Waals surface area contributed by atoms with Crippen molar-refractivity contribution < 1.29 is 9.90 Å². The number of aliphatic hydroxyl groups is 1. The van der Waals surface area contributed by atoms with Crippen LogP contribution in [-0.2, 0) is 0 Å². The number of rotatable bonds is 5. The minimum atomic E-state index is -0.315. The van der Waals surface area contributed by atoms with Gasteiger partial charge in [-0.15, -0.1) is 0 Å². The molecule has 1 saturated heterocycles. The number of nitrogens with zero attached hydrogens (tertiary/aromatic N) is 2. The molecule has 2 rings (SSSR count). The zero-order valence-electron chi connectivity index (χ0n) is 12.5. The highest BCUT2D eigenvalue weighted by Crippen LogP contribution is 2.29. The standard InChI is InChI=1S/C16H24N2O2/c1-4-16(20)14-7-5-6-8-15(14)18-11-13(19)9-12(18)10-17(2)3/h5-8,12-13,19H,4,9-11H2,1-3H3. The average Bonchev–Trinajstić information content (AvgIpc) is 2.77. The molecule has 1 heterocycles. The molecule has 0 spiro atoms. The lowest BCUT2D eigenvalue weighted by Crippen LogP contribution is -2.38. The number of likely N-dealkylation sites (N-methyl/N-ethyl adjacent to an activating group) is 1. The number of carbonyl (C=O) groups is 1. The maximum absolute atomic E-state index is 12.1. The molecule has 0 aliphatic carbocycles. The van der Waals surface area contributed by atoms with E-state index in [0.717, 1.165) is 24.2 Å². The van der Waals surface area contributed by atoms with Gasteiger partial charge in [-0.1, -0.05) is 19.1 Å². The number of aliphatic hydroxyl groups excluding tert-OH is 1. The molecule has 0 radical (unpaired) electrons. The van der Waals surface area contributed by atoms with Crippen molar-refractivity contribution in [1.82, 2.24) is 4.90 Å². The first-order chi connectivity index (χ1) is 9.52. The topological polar surface area (TPSA) is 43.8 Å². The van der Waals surface area contributed by atoms with Gasteiger partial charge in [-0.2, -0.15) is 0 Å². The number of hydrogen-bond donors (Lipinski definition) is 1. The number of hydrogen-bond acceptors (Lipinski definition) is 4. The van der Waals surface area contributed by atoms with Gasteiger partial charge in [0.05, 0.1) is 6.10 Å². The van der Waals surface area contributed by atoms with Gasteiger partial charge >= 0.3 is 0 Å². The largest absolute Gasteiger partial charge is 0.391 e. The SMILES string of the molecule is CCC(=O)c1ccccc1N1CC(O)CC1CN(C)C. The third-order valence-corrected chi connectivity index (χ3v) is 3.80. The van der Waals surface area contributed by atoms with Crippen molar-refractivity contribution in [1.29, 1.82) is 0 Å².